The highest BCUT2D eigenvalue weighted by molar-refractivity contribution is 7.92. The van der Waals surface area contributed by atoms with Crippen LogP contribution in [0.4, 0.5) is 30.7 Å². The summed E-state index contributed by atoms with van der Waals surface area (Å²) in [6, 6.07) is 0. The van der Waals surface area contributed by atoms with E-state index >= 15 is 0 Å². The highest BCUT2D eigenvalue weighted by Crippen LogP contribution is 2.47. The molecule has 0 bridgehead atoms. The third-order valence-electron chi connectivity index (χ3n) is 3.82. The van der Waals surface area contributed by atoms with Crippen LogP contribution in [0.2, 0.25) is 0 Å². The Labute approximate surface area is 140 Å². The summed E-state index contributed by atoms with van der Waals surface area (Å²) in [4.78, 5) is 11.6. The number of halogens is 7. The van der Waals surface area contributed by atoms with E-state index in [0.717, 1.165) is 0 Å². The van der Waals surface area contributed by atoms with E-state index in [1.165, 1.54) is 0 Å². The zero-order chi connectivity index (χ0) is 19.8. The Bertz CT molecular complexity index is 593. The topological polar surface area (TPSA) is 54.5 Å². The Morgan fingerprint density at radius 1 is 1.04 bits per heavy atom. The van der Waals surface area contributed by atoms with Gasteiger partial charge in [-0.15, -0.1) is 0 Å². The van der Waals surface area contributed by atoms with E-state index in [2.05, 4.69) is 0 Å². The number of alkyl halides is 7. The first-order valence-electron chi connectivity index (χ1n) is 7.37. The summed E-state index contributed by atoms with van der Waals surface area (Å²) in [5.74, 6) is -15.5. The normalized spacial score (nSPS) is 18.7. The van der Waals surface area contributed by atoms with Crippen LogP contribution < -0.4 is 0 Å². The van der Waals surface area contributed by atoms with Crippen molar-refractivity contribution in [1.29, 1.82) is 0 Å². The lowest BCUT2D eigenvalue weighted by atomic mass is 10.1. The number of hydrogen-bond acceptors (Lipinski definition) is 3. The molecule has 1 heterocycles. The van der Waals surface area contributed by atoms with Crippen LogP contribution in [0.3, 0.4) is 0 Å². The molecule has 25 heavy (non-hydrogen) atoms. The van der Waals surface area contributed by atoms with Gasteiger partial charge in [-0.25, -0.2) is 8.42 Å². The Kier molecular flexibility index (Phi) is 6.08. The minimum absolute atomic E-state index is 0.154. The Morgan fingerprint density at radius 2 is 1.48 bits per heavy atom. The number of likely N-dealkylation sites (tertiary alicyclic amines) is 1. The number of sulfone groups is 1. The fraction of sp³-hybridized carbons (Fsp3) is 0.923. The largest absolute Gasteiger partial charge is 0.460 e. The Balaban J connectivity index is 2.85. The van der Waals surface area contributed by atoms with Crippen LogP contribution in [-0.4, -0.2) is 61.3 Å². The molecule has 0 radical (unpaired) electrons. The third-order valence-corrected chi connectivity index (χ3v) is 6.44. The molecule has 1 saturated heterocycles. The van der Waals surface area contributed by atoms with Crippen molar-refractivity contribution in [3.63, 3.8) is 0 Å². The van der Waals surface area contributed by atoms with Crippen LogP contribution in [0.1, 0.15) is 26.7 Å². The van der Waals surface area contributed by atoms with E-state index in [1.54, 1.807) is 13.8 Å². The maximum Gasteiger partial charge on any atom is 0.460 e. The SMILES string of the molecule is CC(C)CS(=O)(=O)C1CCN(C(=O)C(F)(F)C(F)(F)C(F)(F)F)CC1. The molecule has 0 aliphatic carbocycles. The van der Waals surface area contributed by atoms with Crippen LogP contribution in [-0.2, 0) is 14.6 Å². The number of piperidine rings is 1. The molecule has 0 N–H and O–H groups in total. The zero-order valence-electron chi connectivity index (χ0n) is 13.4. The molecule has 0 unspecified atom stereocenters. The van der Waals surface area contributed by atoms with Gasteiger partial charge >= 0.3 is 18.0 Å². The predicted molar refractivity (Wildman–Crippen MR) is 74.2 cm³/mol. The maximum absolute atomic E-state index is 13.4. The molecule has 1 aliphatic heterocycles. The van der Waals surface area contributed by atoms with Crippen molar-refractivity contribution in [2.75, 3.05) is 18.8 Å². The molecule has 1 amide bonds. The molecule has 0 aromatic heterocycles. The molecule has 0 atom stereocenters. The first-order valence-corrected chi connectivity index (χ1v) is 9.09. The van der Waals surface area contributed by atoms with Gasteiger partial charge in [-0.3, -0.25) is 4.79 Å². The van der Waals surface area contributed by atoms with Gasteiger partial charge in [0.15, 0.2) is 9.84 Å². The number of hydrogen-bond donors (Lipinski definition) is 0. The number of amides is 1. The average molecular weight is 401 g/mol. The zero-order valence-corrected chi connectivity index (χ0v) is 14.2. The number of carbonyl (C=O) groups is 1. The summed E-state index contributed by atoms with van der Waals surface area (Å²) in [5.41, 5.74) is 0. The quantitative estimate of drug-likeness (QED) is 0.666. The lowest BCUT2D eigenvalue weighted by Gasteiger charge is -2.36. The molecule has 1 rings (SSSR count). The smallest absolute Gasteiger partial charge is 0.337 e. The van der Waals surface area contributed by atoms with E-state index in [0.29, 0.717) is 0 Å². The van der Waals surface area contributed by atoms with Crippen molar-refractivity contribution in [3.05, 3.63) is 0 Å². The number of rotatable bonds is 5. The molecule has 1 fully saturated rings. The van der Waals surface area contributed by atoms with Gasteiger partial charge in [0.1, 0.15) is 0 Å². The minimum atomic E-state index is -6.59. The molecule has 4 nitrogen and oxygen atoms in total. The highest BCUT2D eigenvalue weighted by Gasteiger charge is 2.76. The second kappa shape index (κ2) is 6.92. The van der Waals surface area contributed by atoms with Gasteiger partial charge in [0.2, 0.25) is 0 Å². The number of nitrogens with zero attached hydrogens (tertiary/aromatic N) is 1. The standard InChI is InChI=1S/C13H18F7NO3S/c1-8(2)7-25(23,24)9-3-5-21(6-4-9)10(22)11(14,15)12(16,17)13(18,19)20/h8-9H,3-7H2,1-2H3. The second-order valence-corrected chi connectivity index (χ2v) is 8.69. The van der Waals surface area contributed by atoms with Crippen molar-refractivity contribution in [2.45, 2.75) is 50.0 Å². The Morgan fingerprint density at radius 3 is 1.84 bits per heavy atom. The lowest BCUT2D eigenvalue weighted by molar-refractivity contribution is -0.346. The molecule has 1 aliphatic rings. The van der Waals surface area contributed by atoms with Gasteiger partial charge < -0.3 is 4.90 Å². The molecule has 0 aromatic rings. The molecule has 0 saturated carbocycles. The van der Waals surface area contributed by atoms with E-state index in [9.17, 15) is 43.9 Å². The molecule has 0 aromatic carbocycles. The van der Waals surface area contributed by atoms with Crippen molar-refractivity contribution in [3.8, 4) is 0 Å². The lowest BCUT2D eigenvalue weighted by Crippen LogP contribution is -2.61. The van der Waals surface area contributed by atoms with Gasteiger partial charge in [0, 0.05) is 13.1 Å². The minimum Gasteiger partial charge on any atom is -0.337 e. The third kappa shape index (κ3) is 4.37. The van der Waals surface area contributed by atoms with Crippen molar-refractivity contribution >= 4 is 15.7 Å². The first kappa shape index (κ1) is 22.0. The van der Waals surface area contributed by atoms with Crippen LogP contribution in [0.5, 0.6) is 0 Å². The van der Waals surface area contributed by atoms with Gasteiger partial charge in [-0.1, -0.05) is 13.8 Å². The van der Waals surface area contributed by atoms with Crippen molar-refractivity contribution in [2.24, 2.45) is 5.92 Å². The van der Waals surface area contributed by atoms with Gasteiger partial charge in [-0.05, 0) is 18.8 Å². The molecular formula is C13H18F7NO3S. The maximum atomic E-state index is 13.4. The van der Waals surface area contributed by atoms with Crippen LogP contribution in [0.25, 0.3) is 0 Å². The summed E-state index contributed by atoms with van der Waals surface area (Å²) >= 11 is 0. The van der Waals surface area contributed by atoms with Gasteiger partial charge in [0.05, 0.1) is 11.0 Å². The average Bonchev–Trinajstić information content (AvgIpc) is 2.43. The summed E-state index contributed by atoms with van der Waals surface area (Å²) in [6.07, 6.45) is -7.19. The number of carbonyl (C=O) groups excluding carboxylic acids is 1. The monoisotopic (exact) mass is 401 g/mol. The fourth-order valence-electron chi connectivity index (χ4n) is 2.53. The first-order chi connectivity index (χ1) is 11.0. The molecular weight excluding hydrogens is 383 g/mol. The molecule has 12 heteroatoms. The predicted octanol–water partition coefficient (Wildman–Crippen LogP) is 2.88. The van der Waals surface area contributed by atoms with Crippen LogP contribution >= 0.6 is 0 Å². The van der Waals surface area contributed by atoms with E-state index < -0.39 is 52.1 Å². The van der Waals surface area contributed by atoms with Crippen molar-refractivity contribution in [1.82, 2.24) is 4.90 Å². The van der Waals surface area contributed by atoms with Crippen molar-refractivity contribution < 1.29 is 43.9 Å². The van der Waals surface area contributed by atoms with E-state index in [1.807, 2.05) is 0 Å². The van der Waals surface area contributed by atoms with Crippen LogP contribution in [0.15, 0.2) is 0 Å². The summed E-state index contributed by atoms with van der Waals surface area (Å²) in [5, 5.41) is -0.948. The van der Waals surface area contributed by atoms with Gasteiger partial charge in [-0.2, -0.15) is 30.7 Å². The summed E-state index contributed by atoms with van der Waals surface area (Å²) in [7, 11) is -3.57. The van der Waals surface area contributed by atoms with E-state index in [4.69, 9.17) is 0 Å². The van der Waals surface area contributed by atoms with Gasteiger partial charge in [0.25, 0.3) is 5.91 Å². The summed E-state index contributed by atoms with van der Waals surface area (Å²) < 4.78 is 113. The fourth-order valence-corrected chi connectivity index (χ4v) is 4.66. The summed E-state index contributed by atoms with van der Waals surface area (Å²) in [6.45, 7) is 2.03. The highest BCUT2D eigenvalue weighted by atomic mass is 32.2. The Hall–Kier alpha value is -1.07. The van der Waals surface area contributed by atoms with Crippen LogP contribution in [0, 0.1) is 5.92 Å². The van der Waals surface area contributed by atoms with E-state index in [-0.39, 0.29) is 29.4 Å². The molecule has 0 spiro atoms. The second-order valence-electron chi connectivity index (χ2n) is 6.36. The molecule has 148 valence electrons.